The number of nitrogens with one attached hydrogen (secondary N) is 1. The molecule has 1 amide bonds. The number of rotatable bonds is 8. The van der Waals surface area contributed by atoms with Crippen LogP contribution in [0.25, 0.3) is 21.8 Å². The lowest BCUT2D eigenvalue weighted by Gasteiger charge is -2.13. The molecule has 4 aromatic carbocycles. The number of halogens is 1. The number of aromatic carboxylic acids is 1. The Kier molecular flexibility index (Phi) is 6.87. The summed E-state index contributed by atoms with van der Waals surface area (Å²) in [5.41, 5.74) is 3.33. The van der Waals surface area contributed by atoms with Crippen LogP contribution in [0.15, 0.2) is 109 Å². The van der Waals surface area contributed by atoms with Gasteiger partial charge in [0.2, 0.25) is 0 Å². The molecule has 0 spiro atoms. The predicted molar refractivity (Wildman–Crippen MR) is 154 cm³/mol. The third kappa shape index (κ3) is 5.62. The minimum atomic E-state index is -1.01. The molecule has 0 radical (unpaired) electrons. The van der Waals surface area contributed by atoms with Gasteiger partial charge >= 0.3 is 5.97 Å². The number of pyridine rings is 1. The minimum absolute atomic E-state index is 0.176. The van der Waals surface area contributed by atoms with Crippen molar-refractivity contribution in [2.24, 2.45) is 0 Å². The maximum atomic E-state index is 13.8. The molecule has 2 heterocycles. The summed E-state index contributed by atoms with van der Waals surface area (Å²) in [6.07, 6.45) is 1.88. The van der Waals surface area contributed by atoms with E-state index in [1.807, 2.05) is 65.4 Å². The number of benzene rings is 4. The zero-order chi connectivity index (χ0) is 28.3. The average Bonchev–Trinajstić information content (AvgIpc) is 3.38. The molecule has 41 heavy (non-hydrogen) atoms. The Morgan fingerprint density at radius 1 is 0.854 bits per heavy atom. The summed E-state index contributed by atoms with van der Waals surface area (Å²) in [4.78, 5) is 29.4. The predicted octanol–water partition coefficient (Wildman–Crippen LogP) is 6.80. The highest BCUT2D eigenvalue weighted by atomic mass is 19.1. The van der Waals surface area contributed by atoms with E-state index in [0.29, 0.717) is 34.6 Å². The van der Waals surface area contributed by atoms with Crippen molar-refractivity contribution < 1.29 is 23.8 Å². The first-order valence-electron chi connectivity index (χ1n) is 12.9. The first-order valence-corrected chi connectivity index (χ1v) is 12.9. The molecule has 0 saturated heterocycles. The Morgan fingerprint density at radius 2 is 1.63 bits per heavy atom. The van der Waals surface area contributed by atoms with Crippen LogP contribution >= 0.6 is 0 Å². The van der Waals surface area contributed by atoms with E-state index in [9.17, 15) is 14.0 Å². The third-order valence-electron chi connectivity index (χ3n) is 6.76. The highest BCUT2D eigenvalue weighted by molar-refractivity contribution is 6.06. The normalized spacial score (nSPS) is 11.0. The Labute approximate surface area is 234 Å². The van der Waals surface area contributed by atoms with Gasteiger partial charge in [0.1, 0.15) is 17.3 Å². The summed E-state index contributed by atoms with van der Waals surface area (Å²) in [6, 6.07) is 29.5. The van der Waals surface area contributed by atoms with E-state index in [1.54, 1.807) is 24.3 Å². The number of nitrogens with zero attached hydrogens (tertiary/aromatic N) is 2. The van der Waals surface area contributed by atoms with Crippen LogP contribution in [-0.2, 0) is 13.1 Å². The van der Waals surface area contributed by atoms with E-state index >= 15 is 0 Å². The lowest BCUT2D eigenvalue weighted by Crippen LogP contribution is -2.23. The fraction of sp³-hybridized carbons (Fsp3) is 0.0606. The van der Waals surface area contributed by atoms with Gasteiger partial charge in [-0.05, 0) is 66.2 Å². The fourth-order valence-corrected chi connectivity index (χ4v) is 4.75. The number of carboxylic acids is 1. The number of fused-ring (bicyclic) bond motifs is 2. The van der Waals surface area contributed by atoms with E-state index in [1.165, 1.54) is 24.3 Å². The highest BCUT2D eigenvalue weighted by Gasteiger charge is 2.17. The first-order chi connectivity index (χ1) is 19.9. The van der Waals surface area contributed by atoms with Gasteiger partial charge in [-0.15, -0.1) is 0 Å². The molecule has 6 rings (SSSR count). The molecule has 0 saturated carbocycles. The fourth-order valence-electron chi connectivity index (χ4n) is 4.75. The van der Waals surface area contributed by atoms with Gasteiger partial charge in [0.15, 0.2) is 0 Å². The van der Waals surface area contributed by atoms with E-state index < -0.39 is 5.97 Å². The molecule has 0 atom stereocenters. The lowest BCUT2D eigenvalue weighted by molar-refractivity contribution is 0.0696. The molecule has 0 aliphatic heterocycles. The molecule has 8 heteroatoms. The Hall–Kier alpha value is -5.50. The first kappa shape index (κ1) is 25.8. The maximum Gasteiger partial charge on any atom is 0.335 e. The van der Waals surface area contributed by atoms with Crippen molar-refractivity contribution in [2.75, 3.05) is 0 Å². The molecule has 0 aliphatic rings. The highest BCUT2D eigenvalue weighted by Crippen LogP contribution is 2.30. The van der Waals surface area contributed by atoms with Crippen molar-refractivity contribution in [3.05, 3.63) is 138 Å². The number of ether oxygens (including phenoxy) is 1. The van der Waals surface area contributed by atoms with Crippen molar-refractivity contribution in [3.63, 3.8) is 0 Å². The summed E-state index contributed by atoms with van der Waals surface area (Å²) in [6.45, 7) is 0.578. The smallest absolute Gasteiger partial charge is 0.335 e. The third-order valence-corrected chi connectivity index (χ3v) is 6.76. The molecule has 0 aliphatic carbocycles. The largest absolute Gasteiger partial charge is 0.478 e. The SMILES string of the molecule is O=C(O)c1ccc(CNC(=O)c2cc(Oc3ccccc3)cc3ccn(Cc4ccc5ccc(F)cc5n4)c23)cc1. The second-order valence-electron chi connectivity index (χ2n) is 9.59. The minimum Gasteiger partial charge on any atom is -0.478 e. The van der Waals surface area contributed by atoms with E-state index in [0.717, 1.165) is 22.0 Å². The van der Waals surface area contributed by atoms with Crippen molar-refractivity contribution in [2.45, 2.75) is 13.1 Å². The number of amides is 1. The van der Waals surface area contributed by atoms with Gasteiger partial charge in [-0.1, -0.05) is 36.4 Å². The van der Waals surface area contributed by atoms with Crippen LogP contribution in [0.4, 0.5) is 4.39 Å². The topological polar surface area (TPSA) is 93.5 Å². The quantitative estimate of drug-likeness (QED) is 0.220. The van der Waals surface area contributed by atoms with Crippen LogP contribution in [0, 0.1) is 5.82 Å². The summed E-state index contributed by atoms with van der Waals surface area (Å²) in [5.74, 6) is -0.522. The van der Waals surface area contributed by atoms with Gasteiger partial charge in [0.25, 0.3) is 5.91 Å². The van der Waals surface area contributed by atoms with Crippen molar-refractivity contribution in [1.82, 2.24) is 14.9 Å². The zero-order valence-electron chi connectivity index (χ0n) is 21.8. The standard InChI is InChI=1S/C33H24FN3O4/c34-25-12-10-22-11-13-26(36-30(22)17-25)20-37-15-14-24-16-28(41-27-4-2-1-3-5-27)18-29(31(24)37)32(38)35-19-21-6-8-23(9-7-21)33(39)40/h1-18H,19-20H2,(H,35,38)(H,39,40). The number of hydrogen-bond acceptors (Lipinski definition) is 4. The molecular weight excluding hydrogens is 521 g/mol. The molecule has 202 valence electrons. The number of carboxylic acid groups (broad SMARTS) is 1. The molecule has 0 fully saturated rings. The summed E-state index contributed by atoms with van der Waals surface area (Å²) in [7, 11) is 0. The Bertz CT molecular complexity index is 1900. The van der Waals surface area contributed by atoms with Crippen molar-refractivity contribution in [3.8, 4) is 11.5 Å². The lowest BCUT2D eigenvalue weighted by atomic mass is 10.1. The number of carbonyl (C=O) groups is 2. The average molecular weight is 546 g/mol. The second-order valence-corrected chi connectivity index (χ2v) is 9.59. The summed E-state index contributed by atoms with van der Waals surface area (Å²) >= 11 is 0. The Balaban J connectivity index is 1.34. The van der Waals surface area contributed by atoms with E-state index in [4.69, 9.17) is 9.84 Å². The number of aromatic nitrogens is 2. The van der Waals surface area contributed by atoms with Crippen LogP contribution in [0.2, 0.25) is 0 Å². The van der Waals surface area contributed by atoms with Crippen LogP contribution in [-0.4, -0.2) is 26.5 Å². The molecule has 7 nitrogen and oxygen atoms in total. The molecule has 2 N–H and O–H groups in total. The van der Waals surface area contributed by atoms with Gasteiger partial charge in [0, 0.05) is 29.6 Å². The van der Waals surface area contributed by atoms with Crippen LogP contribution in [0.3, 0.4) is 0 Å². The molecule has 0 unspecified atom stereocenters. The molecule has 6 aromatic rings. The maximum absolute atomic E-state index is 13.8. The van der Waals surface area contributed by atoms with Crippen LogP contribution in [0.1, 0.15) is 32.0 Å². The molecule has 0 bridgehead atoms. The van der Waals surface area contributed by atoms with E-state index in [-0.39, 0.29) is 23.8 Å². The van der Waals surface area contributed by atoms with Crippen molar-refractivity contribution >= 4 is 33.7 Å². The summed E-state index contributed by atoms with van der Waals surface area (Å²) < 4.78 is 21.8. The monoisotopic (exact) mass is 545 g/mol. The second kappa shape index (κ2) is 10.9. The van der Waals surface area contributed by atoms with Crippen molar-refractivity contribution in [1.29, 1.82) is 0 Å². The Morgan fingerprint density at radius 3 is 2.41 bits per heavy atom. The van der Waals surface area contributed by atoms with Gasteiger partial charge in [-0.25, -0.2) is 9.18 Å². The van der Waals surface area contributed by atoms with Crippen LogP contribution < -0.4 is 10.1 Å². The molecular formula is C33H24FN3O4. The number of para-hydroxylation sites is 1. The van der Waals surface area contributed by atoms with Crippen LogP contribution in [0.5, 0.6) is 11.5 Å². The van der Waals surface area contributed by atoms with E-state index in [2.05, 4.69) is 10.3 Å². The molecule has 2 aromatic heterocycles. The number of hydrogen-bond donors (Lipinski definition) is 2. The zero-order valence-corrected chi connectivity index (χ0v) is 21.8. The van der Waals surface area contributed by atoms with Gasteiger partial charge in [-0.2, -0.15) is 0 Å². The van der Waals surface area contributed by atoms with Gasteiger partial charge in [-0.3, -0.25) is 9.78 Å². The summed E-state index contributed by atoms with van der Waals surface area (Å²) in [5, 5.41) is 13.7. The van der Waals surface area contributed by atoms with Gasteiger partial charge in [0.05, 0.1) is 34.4 Å². The van der Waals surface area contributed by atoms with Gasteiger partial charge < -0.3 is 19.7 Å². The number of carbonyl (C=O) groups excluding carboxylic acids is 1.